The van der Waals surface area contributed by atoms with Crippen LogP contribution < -0.4 is 15.2 Å². The first-order valence-corrected chi connectivity index (χ1v) is 5.81. The van der Waals surface area contributed by atoms with Gasteiger partial charge in [-0.2, -0.15) is 0 Å². The van der Waals surface area contributed by atoms with Gasteiger partial charge in [0.25, 0.3) is 5.91 Å². The SMILES string of the molecule is O=C(COc1ccccc1C(=O)[O-])Nc1ccccn1. The van der Waals surface area contributed by atoms with Gasteiger partial charge < -0.3 is 20.0 Å². The van der Waals surface area contributed by atoms with Crippen molar-refractivity contribution in [2.75, 3.05) is 11.9 Å². The maximum atomic E-state index is 11.6. The van der Waals surface area contributed by atoms with E-state index in [2.05, 4.69) is 10.3 Å². The van der Waals surface area contributed by atoms with E-state index in [1.54, 1.807) is 36.5 Å². The molecule has 102 valence electrons. The molecular formula is C14H11N2O4-. The molecule has 0 bridgehead atoms. The molecule has 1 aromatic carbocycles. The number of amides is 1. The number of rotatable bonds is 5. The maximum Gasteiger partial charge on any atom is 0.263 e. The van der Waals surface area contributed by atoms with E-state index in [9.17, 15) is 14.7 Å². The predicted octanol–water partition coefficient (Wildman–Crippen LogP) is 0.463. The topological polar surface area (TPSA) is 91.4 Å². The highest BCUT2D eigenvalue weighted by atomic mass is 16.5. The van der Waals surface area contributed by atoms with Gasteiger partial charge in [0.2, 0.25) is 0 Å². The molecular weight excluding hydrogens is 260 g/mol. The number of benzene rings is 1. The molecule has 0 aliphatic heterocycles. The molecule has 0 spiro atoms. The van der Waals surface area contributed by atoms with E-state index >= 15 is 0 Å². The third-order valence-corrected chi connectivity index (χ3v) is 2.40. The Balaban J connectivity index is 1.96. The van der Waals surface area contributed by atoms with Gasteiger partial charge in [-0.3, -0.25) is 4.79 Å². The molecule has 6 heteroatoms. The first kappa shape index (κ1) is 13.5. The fourth-order valence-electron chi connectivity index (χ4n) is 1.52. The molecule has 1 N–H and O–H groups in total. The highest BCUT2D eigenvalue weighted by Crippen LogP contribution is 2.16. The molecule has 0 unspecified atom stereocenters. The Bertz CT molecular complexity index is 614. The zero-order valence-corrected chi connectivity index (χ0v) is 10.4. The predicted molar refractivity (Wildman–Crippen MR) is 69.1 cm³/mol. The van der Waals surface area contributed by atoms with Crippen LogP contribution in [0.15, 0.2) is 48.7 Å². The number of aromatic nitrogens is 1. The molecule has 2 rings (SSSR count). The van der Waals surface area contributed by atoms with Crippen molar-refractivity contribution in [1.29, 1.82) is 0 Å². The molecule has 1 heterocycles. The molecule has 0 saturated carbocycles. The van der Waals surface area contributed by atoms with Crippen molar-refractivity contribution in [3.8, 4) is 5.75 Å². The summed E-state index contributed by atoms with van der Waals surface area (Å²) in [6, 6.07) is 11.1. The summed E-state index contributed by atoms with van der Waals surface area (Å²) in [5.74, 6) is -1.31. The monoisotopic (exact) mass is 271 g/mol. The summed E-state index contributed by atoms with van der Waals surface area (Å²) in [5, 5.41) is 13.4. The standard InChI is InChI=1S/C14H12N2O4/c17-13(16-12-7-3-4-8-15-12)9-20-11-6-2-1-5-10(11)14(18)19/h1-8H,9H2,(H,18,19)(H,15,16,17)/p-1. The van der Waals surface area contributed by atoms with E-state index in [1.165, 1.54) is 12.1 Å². The molecule has 0 fully saturated rings. The average Bonchev–Trinajstić information content (AvgIpc) is 2.46. The van der Waals surface area contributed by atoms with Crippen molar-refractivity contribution in [3.05, 3.63) is 54.2 Å². The number of para-hydroxylation sites is 1. The number of pyridine rings is 1. The first-order chi connectivity index (χ1) is 9.66. The van der Waals surface area contributed by atoms with E-state index in [0.717, 1.165) is 0 Å². The van der Waals surface area contributed by atoms with E-state index in [1.807, 2.05) is 0 Å². The lowest BCUT2D eigenvalue weighted by molar-refractivity contribution is -0.255. The number of anilines is 1. The minimum Gasteiger partial charge on any atom is -0.545 e. The van der Waals surface area contributed by atoms with Gasteiger partial charge in [-0.15, -0.1) is 0 Å². The molecule has 0 aliphatic carbocycles. The van der Waals surface area contributed by atoms with Crippen molar-refractivity contribution >= 4 is 17.7 Å². The van der Waals surface area contributed by atoms with Gasteiger partial charge in [0.05, 0.1) is 5.97 Å². The zero-order chi connectivity index (χ0) is 14.4. The second kappa shape index (κ2) is 6.33. The van der Waals surface area contributed by atoms with Crippen LogP contribution in [0.5, 0.6) is 5.75 Å². The number of carbonyl (C=O) groups is 2. The largest absolute Gasteiger partial charge is 0.545 e. The number of carboxylic acids is 1. The highest BCUT2D eigenvalue weighted by Gasteiger charge is 2.07. The Morgan fingerprint density at radius 2 is 1.90 bits per heavy atom. The summed E-state index contributed by atoms with van der Waals surface area (Å²) >= 11 is 0. The van der Waals surface area contributed by atoms with Crippen LogP contribution in [0.25, 0.3) is 0 Å². The lowest BCUT2D eigenvalue weighted by Gasteiger charge is -2.11. The number of ether oxygens (including phenoxy) is 1. The minimum atomic E-state index is -1.36. The van der Waals surface area contributed by atoms with Crippen molar-refractivity contribution in [3.63, 3.8) is 0 Å². The number of nitrogens with zero attached hydrogens (tertiary/aromatic N) is 1. The lowest BCUT2D eigenvalue weighted by Crippen LogP contribution is -2.25. The van der Waals surface area contributed by atoms with Crippen LogP contribution in [0.4, 0.5) is 5.82 Å². The highest BCUT2D eigenvalue weighted by molar-refractivity contribution is 5.92. The summed E-state index contributed by atoms with van der Waals surface area (Å²) in [4.78, 5) is 26.4. The molecule has 20 heavy (non-hydrogen) atoms. The van der Waals surface area contributed by atoms with E-state index < -0.39 is 11.9 Å². The zero-order valence-electron chi connectivity index (χ0n) is 10.4. The molecule has 0 aliphatic rings. The molecule has 2 aromatic rings. The summed E-state index contributed by atoms with van der Waals surface area (Å²) < 4.78 is 5.17. The van der Waals surface area contributed by atoms with Gasteiger partial charge >= 0.3 is 0 Å². The fraction of sp³-hybridized carbons (Fsp3) is 0.0714. The van der Waals surface area contributed by atoms with Crippen molar-refractivity contribution in [2.24, 2.45) is 0 Å². The second-order valence-corrected chi connectivity index (χ2v) is 3.84. The van der Waals surface area contributed by atoms with Crippen molar-refractivity contribution in [2.45, 2.75) is 0 Å². The molecule has 1 aromatic heterocycles. The van der Waals surface area contributed by atoms with Crippen LogP contribution in [0.3, 0.4) is 0 Å². The minimum absolute atomic E-state index is 0.0867. The second-order valence-electron chi connectivity index (χ2n) is 3.84. The Morgan fingerprint density at radius 1 is 1.15 bits per heavy atom. The number of nitrogens with one attached hydrogen (secondary N) is 1. The Hall–Kier alpha value is -2.89. The Morgan fingerprint density at radius 3 is 2.60 bits per heavy atom. The van der Waals surface area contributed by atoms with Gasteiger partial charge in [-0.1, -0.05) is 18.2 Å². The number of aromatic carboxylic acids is 1. The molecule has 6 nitrogen and oxygen atoms in total. The molecule has 0 atom stereocenters. The number of carbonyl (C=O) groups excluding carboxylic acids is 2. The van der Waals surface area contributed by atoms with Crippen LogP contribution in [-0.4, -0.2) is 23.5 Å². The van der Waals surface area contributed by atoms with Crippen molar-refractivity contribution in [1.82, 2.24) is 4.98 Å². The van der Waals surface area contributed by atoms with E-state index in [0.29, 0.717) is 5.82 Å². The maximum absolute atomic E-state index is 11.6. The van der Waals surface area contributed by atoms with Gasteiger partial charge in [0.15, 0.2) is 6.61 Å². The Labute approximate surface area is 115 Å². The number of hydrogen-bond donors (Lipinski definition) is 1. The lowest BCUT2D eigenvalue weighted by atomic mass is 10.2. The summed E-state index contributed by atoms with van der Waals surface area (Å²) in [6.45, 7) is -0.319. The quantitative estimate of drug-likeness (QED) is 0.853. The van der Waals surface area contributed by atoms with Gasteiger partial charge in [-0.25, -0.2) is 4.98 Å². The third-order valence-electron chi connectivity index (χ3n) is 2.40. The summed E-state index contributed by atoms with van der Waals surface area (Å²) in [5.41, 5.74) is -0.0989. The molecule has 0 saturated heterocycles. The summed E-state index contributed by atoms with van der Waals surface area (Å²) in [6.07, 6.45) is 1.54. The molecule has 1 amide bonds. The smallest absolute Gasteiger partial charge is 0.263 e. The normalized spacial score (nSPS) is 9.80. The first-order valence-electron chi connectivity index (χ1n) is 5.81. The van der Waals surface area contributed by atoms with Crippen LogP contribution >= 0.6 is 0 Å². The Kier molecular flexibility index (Phi) is 4.28. The summed E-state index contributed by atoms with van der Waals surface area (Å²) in [7, 11) is 0. The van der Waals surface area contributed by atoms with Crippen LogP contribution in [0, 0.1) is 0 Å². The van der Waals surface area contributed by atoms with Gasteiger partial charge in [0.1, 0.15) is 11.6 Å². The van der Waals surface area contributed by atoms with Gasteiger partial charge in [0, 0.05) is 11.8 Å². The number of hydrogen-bond acceptors (Lipinski definition) is 5. The van der Waals surface area contributed by atoms with E-state index in [4.69, 9.17) is 4.74 Å². The average molecular weight is 271 g/mol. The third kappa shape index (κ3) is 3.55. The van der Waals surface area contributed by atoms with Crippen LogP contribution in [0.2, 0.25) is 0 Å². The van der Waals surface area contributed by atoms with Gasteiger partial charge in [-0.05, 0) is 24.3 Å². The van der Waals surface area contributed by atoms with Crippen LogP contribution in [0.1, 0.15) is 10.4 Å². The number of carboxylic acid groups (broad SMARTS) is 1. The molecule has 0 radical (unpaired) electrons. The fourth-order valence-corrected chi connectivity index (χ4v) is 1.52. The van der Waals surface area contributed by atoms with Crippen LogP contribution in [-0.2, 0) is 4.79 Å². The van der Waals surface area contributed by atoms with E-state index in [-0.39, 0.29) is 17.9 Å². The van der Waals surface area contributed by atoms with Crippen molar-refractivity contribution < 1.29 is 19.4 Å².